The van der Waals surface area contributed by atoms with E-state index in [4.69, 9.17) is 0 Å². The topological polar surface area (TPSA) is 78.1 Å². The summed E-state index contributed by atoms with van der Waals surface area (Å²) in [5, 5.41) is 3.39. The minimum Gasteiger partial charge on any atom is -0.316 e. The molecule has 0 aliphatic carbocycles. The molecular formula is C12H14N4O2S2. The minimum absolute atomic E-state index is 0.215. The fourth-order valence-electron chi connectivity index (χ4n) is 2.15. The first-order valence-corrected chi connectivity index (χ1v) is 7.84. The molecule has 0 fully saturated rings. The first-order valence-electron chi connectivity index (χ1n) is 6.21. The SMILES string of the molecule is Cc1[nH]c(=O)sc1C(=O)Nc1nc2c(s1)CN(C)CC2. The lowest BCUT2D eigenvalue weighted by atomic mass is 10.2. The van der Waals surface area contributed by atoms with Crippen molar-refractivity contribution in [2.75, 3.05) is 18.9 Å². The second-order valence-electron chi connectivity index (χ2n) is 4.80. The fourth-order valence-corrected chi connectivity index (χ4v) is 3.97. The van der Waals surface area contributed by atoms with Crippen LogP contribution in [0, 0.1) is 6.92 Å². The van der Waals surface area contributed by atoms with Crippen molar-refractivity contribution in [1.29, 1.82) is 0 Å². The molecule has 0 radical (unpaired) electrons. The standard InChI is InChI=1S/C12H14N4O2S2/c1-6-9(20-12(18)13-6)10(17)15-11-14-7-3-4-16(2)5-8(7)19-11/h3-5H2,1-2H3,(H,13,18)(H,14,15,17). The van der Waals surface area contributed by atoms with E-state index in [1.54, 1.807) is 6.92 Å². The van der Waals surface area contributed by atoms with Crippen LogP contribution in [-0.4, -0.2) is 34.4 Å². The Balaban J connectivity index is 1.80. The van der Waals surface area contributed by atoms with Crippen molar-refractivity contribution in [3.8, 4) is 0 Å². The smallest absolute Gasteiger partial charge is 0.305 e. The first-order chi connectivity index (χ1) is 9.52. The Bertz CT molecular complexity index is 715. The van der Waals surface area contributed by atoms with Crippen LogP contribution in [0.5, 0.6) is 0 Å². The summed E-state index contributed by atoms with van der Waals surface area (Å²) in [5.74, 6) is -0.273. The van der Waals surface area contributed by atoms with Crippen LogP contribution in [-0.2, 0) is 13.0 Å². The average molecular weight is 310 g/mol. The van der Waals surface area contributed by atoms with E-state index in [9.17, 15) is 9.59 Å². The maximum Gasteiger partial charge on any atom is 0.305 e. The quantitative estimate of drug-likeness (QED) is 0.880. The molecule has 106 valence electrons. The summed E-state index contributed by atoms with van der Waals surface area (Å²) in [4.78, 5) is 34.1. The van der Waals surface area contributed by atoms with Crippen LogP contribution in [0.2, 0.25) is 0 Å². The number of thiazole rings is 2. The van der Waals surface area contributed by atoms with Gasteiger partial charge in [-0.1, -0.05) is 11.3 Å². The molecule has 3 rings (SSSR count). The van der Waals surface area contributed by atoms with Crippen molar-refractivity contribution < 1.29 is 4.79 Å². The molecule has 0 saturated carbocycles. The number of likely N-dealkylation sites (N-methyl/N-ethyl adjacent to an activating group) is 1. The Morgan fingerprint density at radius 3 is 2.95 bits per heavy atom. The van der Waals surface area contributed by atoms with Gasteiger partial charge in [-0.3, -0.25) is 14.9 Å². The number of anilines is 1. The number of aromatic amines is 1. The number of hydrogen-bond acceptors (Lipinski definition) is 6. The number of aromatic nitrogens is 2. The number of rotatable bonds is 2. The van der Waals surface area contributed by atoms with Crippen LogP contribution < -0.4 is 10.2 Å². The van der Waals surface area contributed by atoms with E-state index in [1.807, 2.05) is 0 Å². The maximum atomic E-state index is 12.1. The van der Waals surface area contributed by atoms with Crippen LogP contribution in [0.1, 0.15) is 25.9 Å². The highest BCUT2D eigenvalue weighted by molar-refractivity contribution is 7.16. The van der Waals surface area contributed by atoms with Crippen molar-refractivity contribution in [2.24, 2.45) is 0 Å². The number of nitrogens with zero attached hydrogens (tertiary/aromatic N) is 2. The minimum atomic E-state index is -0.273. The zero-order chi connectivity index (χ0) is 14.3. The molecule has 2 aromatic heterocycles. The third-order valence-electron chi connectivity index (χ3n) is 3.17. The molecule has 0 spiro atoms. The number of carbonyl (C=O) groups excluding carboxylic acids is 1. The molecule has 0 unspecified atom stereocenters. The van der Waals surface area contributed by atoms with Crippen molar-refractivity contribution in [3.05, 3.63) is 30.8 Å². The van der Waals surface area contributed by atoms with Crippen LogP contribution in [0.3, 0.4) is 0 Å². The van der Waals surface area contributed by atoms with Gasteiger partial charge in [-0.2, -0.15) is 0 Å². The predicted octanol–water partition coefficient (Wildman–Crippen LogP) is 1.44. The summed E-state index contributed by atoms with van der Waals surface area (Å²) in [6.45, 7) is 3.58. The molecule has 6 nitrogen and oxygen atoms in total. The van der Waals surface area contributed by atoms with Crippen molar-refractivity contribution in [1.82, 2.24) is 14.9 Å². The van der Waals surface area contributed by atoms with Gasteiger partial charge in [-0.25, -0.2) is 4.98 Å². The van der Waals surface area contributed by atoms with Gasteiger partial charge in [0.15, 0.2) is 5.13 Å². The van der Waals surface area contributed by atoms with Crippen molar-refractivity contribution in [2.45, 2.75) is 19.9 Å². The van der Waals surface area contributed by atoms with Crippen LogP contribution in [0.4, 0.5) is 5.13 Å². The Morgan fingerprint density at radius 2 is 2.25 bits per heavy atom. The summed E-state index contributed by atoms with van der Waals surface area (Å²) < 4.78 is 0. The van der Waals surface area contributed by atoms with Gasteiger partial charge < -0.3 is 9.88 Å². The molecular weight excluding hydrogens is 296 g/mol. The van der Waals surface area contributed by atoms with Gasteiger partial charge in [-0.05, 0) is 14.0 Å². The zero-order valence-corrected chi connectivity index (χ0v) is 12.8. The lowest BCUT2D eigenvalue weighted by Gasteiger charge is -2.20. The number of amides is 1. The molecule has 0 atom stereocenters. The number of hydrogen-bond donors (Lipinski definition) is 2. The average Bonchev–Trinajstić information content (AvgIpc) is 2.91. The highest BCUT2D eigenvalue weighted by Gasteiger charge is 2.20. The van der Waals surface area contributed by atoms with E-state index in [2.05, 4.69) is 27.2 Å². The van der Waals surface area contributed by atoms with Gasteiger partial charge in [0.25, 0.3) is 5.91 Å². The summed E-state index contributed by atoms with van der Waals surface area (Å²) >= 11 is 2.43. The molecule has 2 N–H and O–H groups in total. The van der Waals surface area contributed by atoms with Gasteiger partial charge >= 0.3 is 4.87 Å². The summed E-state index contributed by atoms with van der Waals surface area (Å²) in [6.07, 6.45) is 0.911. The van der Waals surface area contributed by atoms with E-state index < -0.39 is 0 Å². The Labute approximate surface area is 123 Å². The number of carbonyl (C=O) groups is 1. The highest BCUT2D eigenvalue weighted by atomic mass is 32.1. The van der Waals surface area contributed by atoms with Gasteiger partial charge in [0, 0.05) is 30.1 Å². The van der Waals surface area contributed by atoms with Crippen molar-refractivity contribution >= 4 is 33.7 Å². The lowest BCUT2D eigenvalue weighted by molar-refractivity contribution is 0.103. The largest absolute Gasteiger partial charge is 0.316 e. The maximum absolute atomic E-state index is 12.1. The van der Waals surface area contributed by atoms with E-state index >= 15 is 0 Å². The Morgan fingerprint density at radius 1 is 1.45 bits per heavy atom. The van der Waals surface area contributed by atoms with Gasteiger partial charge in [-0.15, -0.1) is 11.3 Å². The summed E-state index contributed by atoms with van der Waals surface area (Å²) in [7, 11) is 2.07. The Hall–Kier alpha value is -1.51. The zero-order valence-electron chi connectivity index (χ0n) is 11.1. The second-order valence-corrected chi connectivity index (χ2v) is 6.87. The van der Waals surface area contributed by atoms with Gasteiger partial charge in [0.05, 0.1) is 5.69 Å². The van der Waals surface area contributed by atoms with Crippen molar-refractivity contribution in [3.63, 3.8) is 0 Å². The third kappa shape index (κ3) is 2.54. The van der Waals surface area contributed by atoms with E-state index in [0.717, 1.165) is 36.5 Å². The second kappa shape index (κ2) is 5.12. The first kappa shape index (κ1) is 13.5. The molecule has 0 saturated heterocycles. The van der Waals surface area contributed by atoms with E-state index in [1.165, 1.54) is 16.2 Å². The molecule has 2 aromatic rings. The number of nitrogens with one attached hydrogen (secondary N) is 2. The molecule has 20 heavy (non-hydrogen) atoms. The monoisotopic (exact) mass is 310 g/mol. The number of fused-ring (bicyclic) bond motifs is 1. The van der Waals surface area contributed by atoms with Crippen LogP contribution in [0.25, 0.3) is 0 Å². The summed E-state index contributed by atoms with van der Waals surface area (Å²) in [6, 6.07) is 0. The van der Waals surface area contributed by atoms with E-state index in [-0.39, 0.29) is 10.8 Å². The Kier molecular flexibility index (Phi) is 3.45. The van der Waals surface area contributed by atoms with Gasteiger partial charge in [0.2, 0.25) is 0 Å². The fraction of sp³-hybridized carbons (Fsp3) is 0.417. The number of H-pyrrole nitrogens is 1. The molecule has 8 heteroatoms. The summed E-state index contributed by atoms with van der Waals surface area (Å²) in [5.41, 5.74) is 1.67. The lowest BCUT2D eigenvalue weighted by Crippen LogP contribution is -2.25. The predicted molar refractivity (Wildman–Crippen MR) is 79.8 cm³/mol. The molecule has 1 amide bonds. The molecule has 0 aromatic carbocycles. The molecule has 1 aliphatic heterocycles. The highest BCUT2D eigenvalue weighted by Crippen LogP contribution is 2.28. The number of aryl methyl sites for hydroxylation is 1. The van der Waals surface area contributed by atoms with Gasteiger partial charge in [0.1, 0.15) is 4.88 Å². The molecule has 3 heterocycles. The van der Waals surface area contributed by atoms with E-state index in [0.29, 0.717) is 15.7 Å². The van der Waals surface area contributed by atoms with Crippen LogP contribution in [0.15, 0.2) is 4.79 Å². The van der Waals surface area contributed by atoms with Crippen LogP contribution >= 0.6 is 22.7 Å². The molecule has 0 bridgehead atoms. The third-order valence-corrected chi connectivity index (χ3v) is 5.15. The molecule has 1 aliphatic rings. The normalized spacial score (nSPS) is 15.1.